The first-order valence-corrected chi connectivity index (χ1v) is 7.96. The van der Waals surface area contributed by atoms with E-state index < -0.39 is 0 Å². The van der Waals surface area contributed by atoms with Crippen LogP contribution in [0.25, 0.3) is 0 Å². The Morgan fingerprint density at radius 1 is 1.11 bits per heavy atom. The van der Waals surface area contributed by atoms with E-state index in [2.05, 4.69) is 82.9 Å². The highest BCUT2D eigenvalue weighted by Gasteiger charge is 2.25. The molecule has 0 aromatic heterocycles. The Morgan fingerprint density at radius 2 is 1.83 bits per heavy atom. The van der Waals surface area contributed by atoms with Crippen molar-refractivity contribution >= 4 is 40.0 Å². The molecule has 0 saturated heterocycles. The zero-order valence-electron chi connectivity index (χ0n) is 10.1. The molecule has 0 radical (unpaired) electrons. The van der Waals surface area contributed by atoms with Gasteiger partial charge in [0, 0.05) is 15.0 Å². The molecule has 2 aromatic carbocycles. The smallest absolute Gasteiger partial charge is 0.0773 e. The van der Waals surface area contributed by atoms with Gasteiger partial charge in [0.1, 0.15) is 0 Å². The largest absolute Gasteiger partial charge is 0.354 e. The number of rotatable bonds is 2. The quantitative estimate of drug-likeness (QED) is 0.705. The van der Waals surface area contributed by atoms with Crippen LogP contribution in [0.5, 0.6) is 0 Å². The van der Waals surface area contributed by atoms with Crippen molar-refractivity contribution in [2.45, 2.75) is 23.7 Å². The fraction of sp³-hybridized carbons (Fsp3) is 0.200. The lowest BCUT2D eigenvalue weighted by Gasteiger charge is -2.24. The summed E-state index contributed by atoms with van der Waals surface area (Å²) < 4.78 is 1.29. The van der Waals surface area contributed by atoms with Gasteiger partial charge >= 0.3 is 0 Å². The maximum atomic E-state index is 2.47. The molecule has 0 N–H and O–H groups in total. The van der Waals surface area contributed by atoms with Crippen LogP contribution in [0.15, 0.2) is 53.4 Å². The highest BCUT2D eigenvalue weighted by atomic mass is 127. The second kappa shape index (κ2) is 5.13. The second-order valence-corrected chi connectivity index (χ2v) is 7.04. The van der Waals surface area contributed by atoms with E-state index in [1.54, 1.807) is 0 Å². The monoisotopic (exact) mass is 367 g/mol. The predicted octanol–water partition coefficient (Wildman–Crippen LogP) is 4.75. The Bertz CT molecular complexity index is 553. The number of anilines is 1. The fourth-order valence-corrected chi connectivity index (χ4v) is 3.74. The zero-order chi connectivity index (χ0) is 12.5. The van der Waals surface area contributed by atoms with Gasteiger partial charge in [-0.25, -0.2) is 0 Å². The molecule has 0 amide bonds. The summed E-state index contributed by atoms with van der Waals surface area (Å²) >= 11 is 4.29. The maximum Gasteiger partial charge on any atom is 0.0773 e. The molecule has 1 heterocycles. The summed E-state index contributed by atoms with van der Waals surface area (Å²) in [6, 6.07) is 17.5. The molecule has 18 heavy (non-hydrogen) atoms. The van der Waals surface area contributed by atoms with Gasteiger partial charge < -0.3 is 4.90 Å². The molecule has 3 rings (SSSR count). The molecule has 3 heteroatoms. The highest BCUT2D eigenvalue weighted by Crippen LogP contribution is 2.43. The number of nitrogens with zero attached hydrogens (tertiary/aromatic N) is 1. The van der Waals surface area contributed by atoms with Crippen LogP contribution in [-0.2, 0) is 6.54 Å². The van der Waals surface area contributed by atoms with Crippen molar-refractivity contribution < 1.29 is 0 Å². The maximum absolute atomic E-state index is 2.47. The first kappa shape index (κ1) is 12.4. The molecule has 1 unspecified atom stereocenters. The molecule has 1 nitrogen and oxygen atoms in total. The average molecular weight is 367 g/mol. The van der Waals surface area contributed by atoms with Gasteiger partial charge in [0.2, 0.25) is 0 Å². The molecule has 1 aliphatic heterocycles. The molecule has 2 aromatic rings. The molecule has 0 aliphatic carbocycles. The summed E-state index contributed by atoms with van der Waals surface area (Å²) in [7, 11) is 0. The van der Waals surface area contributed by atoms with Crippen molar-refractivity contribution in [3.05, 3.63) is 57.7 Å². The van der Waals surface area contributed by atoms with Crippen molar-refractivity contribution in [1.82, 2.24) is 0 Å². The van der Waals surface area contributed by atoms with Crippen LogP contribution >= 0.6 is 34.4 Å². The lowest BCUT2D eigenvalue weighted by molar-refractivity contribution is 0.802. The van der Waals surface area contributed by atoms with Gasteiger partial charge in [-0.15, -0.1) is 0 Å². The van der Waals surface area contributed by atoms with E-state index in [0.717, 1.165) is 6.54 Å². The van der Waals surface area contributed by atoms with Gasteiger partial charge in [0.15, 0.2) is 0 Å². The van der Waals surface area contributed by atoms with Crippen molar-refractivity contribution in [3.63, 3.8) is 0 Å². The van der Waals surface area contributed by atoms with Crippen LogP contribution in [0.3, 0.4) is 0 Å². The summed E-state index contributed by atoms with van der Waals surface area (Å²) in [4.78, 5) is 3.87. The minimum Gasteiger partial charge on any atom is -0.354 e. The minimum atomic E-state index is 0.515. The second-order valence-electron chi connectivity index (χ2n) is 4.44. The van der Waals surface area contributed by atoms with Crippen LogP contribution in [0.4, 0.5) is 5.69 Å². The van der Waals surface area contributed by atoms with E-state index in [9.17, 15) is 0 Å². The number of fused-ring (bicyclic) bond motifs is 1. The number of para-hydroxylation sites is 1. The lowest BCUT2D eigenvalue weighted by atomic mass is 10.2. The normalized spacial score (nSPS) is 17.9. The Kier molecular flexibility index (Phi) is 3.52. The SMILES string of the molecule is CC1Sc2ccccc2N1Cc1ccc(I)cc1. The van der Waals surface area contributed by atoms with Crippen LogP contribution < -0.4 is 4.90 Å². The van der Waals surface area contributed by atoms with E-state index in [0.29, 0.717) is 5.37 Å². The highest BCUT2D eigenvalue weighted by molar-refractivity contribution is 14.1. The van der Waals surface area contributed by atoms with E-state index in [1.807, 2.05) is 11.8 Å². The zero-order valence-corrected chi connectivity index (χ0v) is 13.1. The summed E-state index contributed by atoms with van der Waals surface area (Å²) in [6.45, 7) is 3.26. The average Bonchev–Trinajstić information content (AvgIpc) is 2.69. The minimum absolute atomic E-state index is 0.515. The fourth-order valence-electron chi connectivity index (χ4n) is 2.24. The van der Waals surface area contributed by atoms with E-state index in [-0.39, 0.29) is 0 Å². The van der Waals surface area contributed by atoms with Gasteiger partial charge in [-0.2, -0.15) is 0 Å². The van der Waals surface area contributed by atoms with Crippen LogP contribution in [0, 0.1) is 3.57 Å². The van der Waals surface area contributed by atoms with Crippen LogP contribution in [0.1, 0.15) is 12.5 Å². The third kappa shape index (κ3) is 2.38. The number of hydrogen-bond acceptors (Lipinski definition) is 2. The molecular weight excluding hydrogens is 353 g/mol. The summed E-state index contributed by atoms with van der Waals surface area (Å²) in [5, 5.41) is 0.515. The van der Waals surface area contributed by atoms with E-state index in [1.165, 1.54) is 19.7 Å². The molecule has 0 bridgehead atoms. The standard InChI is InChI=1S/C15H14INS/c1-11-17(10-12-6-8-13(16)9-7-12)14-4-2-3-5-15(14)18-11/h2-9,11H,10H2,1H3. The van der Waals surface area contributed by atoms with Crippen LogP contribution in [0.2, 0.25) is 0 Å². The first-order chi connectivity index (χ1) is 8.74. The van der Waals surface area contributed by atoms with Crippen molar-refractivity contribution in [3.8, 4) is 0 Å². The molecular formula is C15H14INS. The van der Waals surface area contributed by atoms with Gasteiger partial charge in [0.05, 0.1) is 11.1 Å². The Balaban J connectivity index is 1.87. The molecule has 1 aliphatic rings. The summed E-state index contributed by atoms with van der Waals surface area (Å²) in [5.41, 5.74) is 2.74. The predicted molar refractivity (Wildman–Crippen MR) is 87.1 cm³/mol. The first-order valence-electron chi connectivity index (χ1n) is 6.01. The van der Waals surface area contributed by atoms with Crippen LogP contribution in [-0.4, -0.2) is 5.37 Å². The number of thioether (sulfide) groups is 1. The molecule has 0 spiro atoms. The van der Waals surface area contributed by atoms with E-state index in [4.69, 9.17) is 0 Å². The van der Waals surface area contributed by atoms with Gasteiger partial charge in [-0.1, -0.05) is 36.0 Å². The summed E-state index contributed by atoms with van der Waals surface area (Å²) in [6.07, 6.45) is 0. The van der Waals surface area contributed by atoms with Crippen molar-refractivity contribution in [2.24, 2.45) is 0 Å². The molecule has 1 atom stereocenters. The Morgan fingerprint density at radius 3 is 2.61 bits per heavy atom. The molecule has 0 fully saturated rings. The molecule has 0 saturated carbocycles. The van der Waals surface area contributed by atoms with Gasteiger partial charge in [-0.05, 0) is 59.3 Å². The van der Waals surface area contributed by atoms with Crippen molar-refractivity contribution in [2.75, 3.05) is 4.90 Å². The van der Waals surface area contributed by atoms with Gasteiger partial charge in [-0.3, -0.25) is 0 Å². The Labute approximate surface area is 126 Å². The Hall–Kier alpha value is -0.680. The third-order valence-electron chi connectivity index (χ3n) is 3.18. The number of halogens is 1. The number of hydrogen-bond donors (Lipinski definition) is 0. The van der Waals surface area contributed by atoms with Crippen molar-refractivity contribution in [1.29, 1.82) is 0 Å². The molecule has 92 valence electrons. The van der Waals surface area contributed by atoms with Gasteiger partial charge in [0.25, 0.3) is 0 Å². The number of benzene rings is 2. The third-order valence-corrected chi connectivity index (χ3v) is 5.09. The summed E-state index contributed by atoms with van der Waals surface area (Å²) in [5.74, 6) is 0. The van der Waals surface area contributed by atoms with E-state index >= 15 is 0 Å². The topological polar surface area (TPSA) is 3.24 Å². The lowest BCUT2D eigenvalue weighted by Crippen LogP contribution is -2.26.